The number of halogens is 1. The van der Waals surface area contributed by atoms with Crippen LogP contribution in [0.5, 0.6) is 0 Å². The van der Waals surface area contributed by atoms with Gasteiger partial charge in [0, 0.05) is 24.6 Å². The molecule has 0 radical (unpaired) electrons. The second-order valence-corrected chi connectivity index (χ2v) is 4.68. The van der Waals surface area contributed by atoms with Gasteiger partial charge in [-0.25, -0.2) is 13.9 Å². The zero-order chi connectivity index (χ0) is 14.7. The predicted molar refractivity (Wildman–Crippen MR) is 80.1 cm³/mol. The molecule has 2 aromatic heterocycles. The monoisotopic (exact) mass is 285 g/mol. The number of rotatable bonds is 5. The maximum atomic E-state index is 13.1. The minimum atomic E-state index is -0.256. The summed E-state index contributed by atoms with van der Waals surface area (Å²) in [6, 6.07) is 8.28. The van der Waals surface area contributed by atoms with Crippen LogP contribution in [0.2, 0.25) is 0 Å². The van der Waals surface area contributed by atoms with Gasteiger partial charge in [0.25, 0.3) is 0 Å². The highest BCUT2D eigenvalue weighted by Crippen LogP contribution is 2.27. The lowest BCUT2D eigenvalue weighted by atomic mass is 10.2. The third kappa shape index (κ3) is 2.71. The van der Waals surface area contributed by atoms with Crippen LogP contribution in [0, 0.1) is 5.82 Å². The molecule has 0 saturated carbocycles. The zero-order valence-corrected chi connectivity index (χ0v) is 11.5. The fourth-order valence-corrected chi connectivity index (χ4v) is 2.28. The summed E-state index contributed by atoms with van der Waals surface area (Å²) < 4.78 is 14.9. The number of benzene rings is 1. The van der Waals surface area contributed by atoms with Crippen LogP contribution >= 0.6 is 0 Å². The highest BCUT2D eigenvalue weighted by Gasteiger charge is 2.14. The van der Waals surface area contributed by atoms with E-state index < -0.39 is 0 Å². The summed E-state index contributed by atoms with van der Waals surface area (Å²) in [5.74, 6) is 0.531. The smallest absolute Gasteiger partial charge is 0.159 e. The summed E-state index contributed by atoms with van der Waals surface area (Å²) in [6.45, 7) is 1.29. The van der Waals surface area contributed by atoms with Crippen molar-refractivity contribution in [1.29, 1.82) is 0 Å². The molecule has 0 spiro atoms. The van der Waals surface area contributed by atoms with Gasteiger partial charge in [0.1, 0.15) is 11.3 Å². The van der Waals surface area contributed by atoms with E-state index in [9.17, 15) is 4.39 Å². The molecule has 0 amide bonds. The number of hydrogen-bond acceptors (Lipinski definition) is 4. The molecule has 5 nitrogen and oxygen atoms in total. The molecular formula is C15H16FN5. The molecule has 0 aliphatic carbocycles. The van der Waals surface area contributed by atoms with E-state index in [-0.39, 0.29) is 5.82 Å². The van der Waals surface area contributed by atoms with E-state index in [0.29, 0.717) is 13.1 Å². The average molecular weight is 285 g/mol. The first-order valence-corrected chi connectivity index (χ1v) is 6.81. The van der Waals surface area contributed by atoms with Gasteiger partial charge in [-0.3, -0.25) is 0 Å². The number of nitrogens with two attached hydrogens (primary N) is 1. The van der Waals surface area contributed by atoms with E-state index in [0.717, 1.165) is 23.4 Å². The average Bonchev–Trinajstić information content (AvgIpc) is 2.98. The molecule has 108 valence electrons. The van der Waals surface area contributed by atoms with Gasteiger partial charge < -0.3 is 10.6 Å². The van der Waals surface area contributed by atoms with E-state index in [4.69, 9.17) is 5.73 Å². The highest BCUT2D eigenvalue weighted by molar-refractivity contribution is 5.74. The van der Waals surface area contributed by atoms with Gasteiger partial charge in [-0.05, 0) is 43.3 Å². The molecular weight excluding hydrogens is 269 g/mol. The van der Waals surface area contributed by atoms with Gasteiger partial charge in [0.15, 0.2) is 5.82 Å². The SMILES string of the molecule is NCCCN(c1ccc(F)cc1)c1nccn2nccc12. The van der Waals surface area contributed by atoms with Crippen molar-refractivity contribution in [3.63, 3.8) is 0 Å². The Hall–Kier alpha value is -2.47. The number of anilines is 2. The van der Waals surface area contributed by atoms with Crippen molar-refractivity contribution in [1.82, 2.24) is 14.6 Å². The van der Waals surface area contributed by atoms with Gasteiger partial charge in [-0.1, -0.05) is 0 Å². The number of aromatic nitrogens is 3. The number of hydrogen-bond donors (Lipinski definition) is 1. The molecule has 0 aliphatic rings. The van der Waals surface area contributed by atoms with Gasteiger partial charge in [-0.2, -0.15) is 5.10 Å². The number of fused-ring (bicyclic) bond motifs is 1. The maximum absolute atomic E-state index is 13.1. The summed E-state index contributed by atoms with van der Waals surface area (Å²) in [6.07, 6.45) is 6.04. The summed E-state index contributed by atoms with van der Waals surface area (Å²) in [5.41, 5.74) is 7.41. The van der Waals surface area contributed by atoms with Crippen LogP contribution in [0.15, 0.2) is 48.9 Å². The molecule has 3 rings (SSSR count). The molecule has 2 heterocycles. The third-order valence-electron chi connectivity index (χ3n) is 3.28. The Kier molecular flexibility index (Phi) is 3.79. The van der Waals surface area contributed by atoms with Crippen LogP contribution in [0.4, 0.5) is 15.9 Å². The highest BCUT2D eigenvalue weighted by atomic mass is 19.1. The Morgan fingerprint density at radius 1 is 1.14 bits per heavy atom. The fourth-order valence-electron chi connectivity index (χ4n) is 2.28. The molecule has 1 aromatic carbocycles. The van der Waals surface area contributed by atoms with Gasteiger partial charge in [-0.15, -0.1) is 0 Å². The van der Waals surface area contributed by atoms with Crippen molar-refractivity contribution < 1.29 is 4.39 Å². The van der Waals surface area contributed by atoms with Gasteiger partial charge >= 0.3 is 0 Å². The second-order valence-electron chi connectivity index (χ2n) is 4.68. The molecule has 0 unspecified atom stereocenters. The van der Waals surface area contributed by atoms with Gasteiger partial charge in [0.05, 0.1) is 6.20 Å². The molecule has 6 heteroatoms. The quantitative estimate of drug-likeness (QED) is 0.781. The lowest BCUT2D eigenvalue weighted by Gasteiger charge is -2.24. The van der Waals surface area contributed by atoms with E-state index in [2.05, 4.69) is 10.1 Å². The first kappa shape index (κ1) is 13.5. The van der Waals surface area contributed by atoms with Crippen LogP contribution in [0.3, 0.4) is 0 Å². The van der Waals surface area contributed by atoms with Crippen molar-refractivity contribution in [3.05, 3.63) is 54.7 Å². The topological polar surface area (TPSA) is 59.5 Å². The Balaban J connectivity index is 2.06. The van der Waals surface area contributed by atoms with Crippen LogP contribution in [0.1, 0.15) is 6.42 Å². The molecule has 3 aromatic rings. The summed E-state index contributed by atoms with van der Waals surface area (Å²) >= 11 is 0. The van der Waals surface area contributed by atoms with Crippen LogP contribution < -0.4 is 10.6 Å². The maximum Gasteiger partial charge on any atom is 0.159 e. The van der Waals surface area contributed by atoms with E-state index >= 15 is 0 Å². The molecule has 0 aliphatic heterocycles. The van der Waals surface area contributed by atoms with Crippen molar-refractivity contribution in [2.45, 2.75) is 6.42 Å². The lowest BCUT2D eigenvalue weighted by Crippen LogP contribution is -2.22. The van der Waals surface area contributed by atoms with Crippen LogP contribution in [-0.4, -0.2) is 27.7 Å². The normalized spacial score (nSPS) is 11.0. The lowest BCUT2D eigenvalue weighted by molar-refractivity contribution is 0.627. The molecule has 0 fully saturated rings. The minimum absolute atomic E-state index is 0.256. The van der Waals surface area contributed by atoms with Crippen LogP contribution in [0.25, 0.3) is 5.52 Å². The summed E-state index contributed by atoms with van der Waals surface area (Å²) in [5, 5.41) is 4.22. The third-order valence-corrected chi connectivity index (χ3v) is 3.28. The van der Waals surface area contributed by atoms with Crippen molar-refractivity contribution in [2.24, 2.45) is 5.73 Å². The zero-order valence-electron chi connectivity index (χ0n) is 11.5. The predicted octanol–water partition coefficient (Wildman–Crippen LogP) is 2.36. The van der Waals surface area contributed by atoms with Gasteiger partial charge in [0.2, 0.25) is 0 Å². The van der Waals surface area contributed by atoms with E-state index in [1.165, 1.54) is 12.1 Å². The Morgan fingerprint density at radius 2 is 1.95 bits per heavy atom. The minimum Gasteiger partial charge on any atom is -0.330 e. The van der Waals surface area contributed by atoms with Crippen LogP contribution in [-0.2, 0) is 0 Å². The molecule has 0 saturated heterocycles. The Morgan fingerprint density at radius 3 is 2.71 bits per heavy atom. The molecule has 21 heavy (non-hydrogen) atoms. The molecule has 2 N–H and O–H groups in total. The van der Waals surface area contributed by atoms with E-state index in [1.54, 1.807) is 35.2 Å². The van der Waals surface area contributed by atoms with Crippen molar-refractivity contribution in [3.8, 4) is 0 Å². The summed E-state index contributed by atoms with van der Waals surface area (Å²) in [4.78, 5) is 6.49. The first-order valence-electron chi connectivity index (χ1n) is 6.81. The van der Waals surface area contributed by atoms with Crippen molar-refractivity contribution >= 4 is 17.0 Å². The van der Waals surface area contributed by atoms with Crippen molar-refractivity contribution in [2.75, 3.05) is 18.0 Å². The van der Waals surface area contributed by atoms with E-state index in [1.807, 2.05) is 11.0 Å². The standard InChI is InChI=1S/C15H16FN5/c16-12-2-4-13(5-3-12)20(10-1-7-17)15-14-6-8-19-21(14)11-9-18-15/h2-6,8-9,11H,1,7,10,17H2. The largest absolute Gasteiger partial charge is 0.330 e. The fraction of sp³-hybridized carbons (Fsp3) is 0.200. The Labute approximate surface area is 121 Å². The molecule has 0 bridgehead atoms. The first-order chi connectivity index (χ1) is 10.3. The number of nitrogens with zero attached hydrogens (tertiary/aromatic N) is 4. The summed E-state index contributed by atoms with van der Waals surface area (Å²) in [7, 11) is 0. The second kappa shape index (κ2) is 5.88. The molecule has 0 atom stereocenters. The Bertz CT molecular complexity index is 722.